The van der Waals surface area contributed by atoms with Crippen molar-refractivity contribution < 1.29 is 23.8 Å². The molecule has 0 atom stereocenters. The highest BCUT2D eigenvalue weighted by Gasteiger charge is 2.11. The molecule has 0 heterocycles. The number of hydrogen-bond donors (Lipinski definition) is 1. The molecule has 0 aliphatic heterocycles. The molecule has 0 saturated carbocycles. The van der Waals surface area contributed by atoms with Gasteiger partial charge in [0, 0.05) is 11.8 Å². The highest BCUT2D eigenvalue weighted by molar-refractivity contribution is 6.32. The molecule has 1 N–H and O–H groups in total. The van der Waals surface area contributed by atoms with E-state index in [1.54, 1.807) is 18.2 Å². The first kappa shape index (κ1) is 22.3. The number of carbonyl (C=O) groups is 2. The average Bonchev–Trinajstić information content (AvgIpc) is 2.69. The second kappa shape index (κ2) is 10.5. The summed E-state index contributed by atoms with van der Waals surface area (Å²) in [5.41, 5.74) is 3.48. The summed E-state index contributed by atoms with van der Waals surface area (Å²) >= 11 is 6.20. The first-order valence-electron chi connectivity index (χ1n) is 9.06. The minimum Gasteiger partial charge on any atom is -0.493 e. The highest BCUT2D eigenvalue weighted by atomic mass is 35.5. The van der Waals surface area contributed by atoms with Crippen molar-refractivity contribution in [2.24, 2.45) is 0 Å². The van der Waals surface area contributed by atoms with E-state index >= 15 is 0 Å². The van der Waals surface area contributed by atoms with Crippen molar-refractivity contribution in [2.45, 2.75) is 20.8 Å². The zero-order valence-corrected chi connectivity index (χ0v) is 17.6. The van der Waals surface area contributed by atoms with Gasteiger partial charge in [-0.3, -0.25) is 4.79 Å². The van der Waals surface area contributed by atoms with Gasteiger partial charge in [0.25, 0.3) is 5.91 Å². The van der Waals surface area contributed by atoms with Gasteiger partial charge in [0.05, 0.1) is 18.7 Å². The molecule has 0 unspecified atom stereocenters. The van der Waals surface area contributed by atoms with Crippen LogP contribution >= 0.6 is 11.6 Å². The lowest BCUT2D eigenvalue weighted by Gasteiger charge is -2.11. The average molecular weight is 418 g/mol. The van der Waals surface area contributed by atoms with Gasteiger partial charge < -0.3 is 19.5 Å². The molecule has 154 valence electrons. The van der Waals surface area contributed by atoms with Crippen LogP contribution in [0.3, 0.4) is 0 Å². The van der Waals surface area contributed by atoms with E-state index in [0.717, 1.165) is 11.1 Å². The molecule has 0 aromatic heterocycles. The van der Waals surface area contributed by atoms with E-state index in [9.17, 15) is 9.59 Å². The summed E-state index contributed by atoms with van der Waals surface area (Å²) in [4.78, 5) is 23.9. The van der Waals surface area contributed by atoms with Crippen LogP contribution in [0.25, 0.3) is 6.08 Å². The highest BCUT2D eigenvalue weighted by Crippen LogP contribution is 2.36. The minimum atomic E-state index is -0.649. The Morgan fingerprint density at radius 2 is 1.90 bits per heavy atom. The zero-order valence-electron chi connectivity index (χ0n) is 16.9. The van der Waals surface area contributed by atoms with Crippen LogP contribution in [0.4, 0.5) is 5.69 Å². The third-order valence-corrected chi connectivity index (χ3v) is 4.37. The maximum Gasteiger partial charge on any atom is 0.331 e. The molecule has 29 heavy (non-hydrogen) atoms. The summed E-state index contributed by atoms with van der Waals surface area (Å²) in [5.74, 6) is -0.162. The van der Waals surface area contributed by atoms with Crippen molar-refractivity contribution in [3.63, 3.8) is 0 Å². The van der Waals surface area contributed by atoms with E-state index in [1.165, 1.54) is 19.3 Å². The lowest BCUT2D eigenvalue weighted by Crippen LogP contribution is -2.20. The van der Waals surface area contributed by atoms with Crippen LogP contribution in [0.5, 0.6) is 11.5 Å². The fourth-order valence-electron chi connectivity index (χ4n) is 2.49. The number of nitrogens with one attached hydrogen (secondary N) is 1. The molecule has 0 spiro atoms. The molecule has 0 bridgehead atoms. The molecule has 0 saturated heterocycles. The van der Waals surface area contributed by atoms with Gasteiger partial charge in [-0.2, -0.15) is 0 Å². The maximum atomic E-state index is 12.0. The summed E-state index contributed by atoms with van der Waals surface area (Å²) in [5, 5.41) is 3.06. The van der Waals surface area contributed by atoms with Gasteiger partial charge in [-0.05, 0) is 67.8 Å². The Hall–Kier alpha value is -2.99. The molecule has 2 aromatic rings. The standard InChI is InChI=1S/C22H24ClNO5/c1-5-28-22-18(23)11-16(12-19(22)27-4)7-9-21(26)29-13-20(25)24-17-8-6-14(2)15(3)10-17/h6-12H,5,13H2,1-4H3,(H,24,25)/b9-7+. The van der Waals surface area contributed by atoms with E-state index in [1.807, 2.05) is 32.9 Å². The summed E-state index contributed by atoms with van der Waals surface area (Å²) in [7, 11) is 1.50. The van der Waals surface area contributed by atoms with Crippen LogP contribution in [0, 0.1) is 13.8 Å². The summed E-state index contributed by atoms with van der Waals surface area (Å²) in [6.45, 7) is 5.85. The number of methoxy groups -OCH3 is 1. The molecule has 0 fully saturated rings. The lowest BCUT2D eigenvalue weighted by molar-refractivity contribution is -0.142. The van der Waals surface area contributed by atoms with E-state index in [2.05, 4.69) is 5.32 Å². The number of esters is 1. The van der Waals surface area contributed by atoms with Gasteiger partial charge in [-0.1, -0.05) is 17.7 Å². The summed E-state index contributed by atoms with van der Waals surface area (Å²) in [6.07, 6.45) is 2.74. The minimum absolute atomic E-state index is 0.368. The van der Waals surface area contributed by atoms with Crippen LogP contribution in [0.1, 0.15) is 23.6 Å². The first-order chi connectivity index (χ1) is 13.8. The quantitative estimate of drug-likeness (QED) is 0.503. The van der Waals surface area contributed by atoms with Crippen molar-refractivity contribution in [2.75, 3.05) is 25.6 Å². The molecule has 0 aliphatic carbocycles. The molecule has 7 heteroatoms. The first-order valence-corrected chi connectivity index (χ1v) is 9.44. The van der Waals surface area contributed by atoms with Crippen molar-refractivity contribution in [3.8, 4) is 11.5 Å². The number of ether oxygens (including phenoxy) is 3. The van der Waals surface area contributed by atoms with Crippen LogP contribution in [-0.4, -0.2) is 32.2 Å². The molecule has 1 amide bonds. The monoisotopic (exact) mass is 417 g/mol. The number of carbonyl (C=O) groups excluding carboxylic acids is 2. The number of aryl methyl sites for hydroxylation is 2. The number of benzene rings is 2. The molecule has 0 radical (unpaired) electrons. The predicted molar refractivity (Wildman–Crippen MR) is 114 cm³/mol. The van der Waals surface area contributed by atoms with Gasteiger partial charge in [-0.15, -0.1) is 0 Å². The van der Waals surface area contributed by atoms with E-state index in [0.29, 0.717) is 34.4 Å². The van der Waals surface area contributed by atoms with Crippen LogP contribution < -0.4 is 14.8 Å². The van der Waals surface area contributed by atoms with Crippen LogP contribution in [0.2, 0.25) is 5.02 Å². The summed E-state index contributed by atoms with van der Waals surface area (Å²) < 4.78 is 15.7. The second-order valence-corrected chi connectivity index (χ2v) is 6.66. The smallest absolute Gasteiger partial charge is 0.331 e. The molecule has 2 aromatic carbocycles. The van der Waals surface area contributed by atoms with Gasteiger partial charge in [-0.25, -0.2) is 4.79 Å². The van der Waals surface area contributed by atoms with Crippen LogP contribution in [-0.2, 0) is 14.3 Å². The third-order valence-electron chi connectivity index (χ3n) is 4.09. The molecule has 2 rings (SSSR count). The fraction of sp³-hybridized carbons (Fsp3) is 0.273. The van der Waals surface area contributed by atoms with E-state index in [4.69, 9.17) is 25.8 Å². The third kappa shape index (κ3) is 6.54. The largest absolute Gasteiger partial charge is 0.493 e. The Labute approximate surface area is 175 Å². The van der Waals surface area contributed by atoms with Gasteiger partial charge in [0.2, 0.25) is 0 Å². The second-order valence-electron chi connectivity index (χ2n) is 6.26. The fourth-order valence-corrected chi connectivity index (χ4v) is 2.76. The summed E-state index contributed by atoms with van der Waals surface area (Å²) in [6, 6.07) is 8.90. The zero-order chi connectivity index (χ0) is 21.4. The normalized spacial score (nSPS) is 10.7. The number of halogens is 1. The Morgan fingerprint density at radius 3 is 2.55 bits per heavy atom. The van der Waals surface area contributed by atoms with Crippen molar-refractivity contribution in [3.05, 3.63) is 58.1 Å². The Balaban J connectivity index is 1.93. The SMILES string of the molecule is CCOc1c(Cl)cc(/C=C/C(=O)OCC(=O)Nc2ccc(C)c(C)c2)cc1OC. The van der Waals surface area contributed by atoms with Crippen LogP contribution in [0.15, 0.2) is 36.4 Å². The lowest BCUT2D eigenvalue weighted by atomic mass is 10.1. The topological polar surface area (TPSA) is 73.9 Å². The van der Waals surface area contributed by atoms with Gasteiger partial charge in [0.15, 0.2) is 18.1 Å². The Morgan fingerprint density at radius 1 is 1.14 bits per heavy atom. The van der Waals surface area contributed by atoms with Crippen molar-refractivity contribution in [1.29, 1.82) is 0 Å². The Bertz CT molecular complexity index is 924. The van der Waals surface area contributed by atoms with E-state index in [-0.39, 0.29) is 6.61 Å². The number of anilines is 1. The number of amides is 1. The molecular formula is C22H24ClNO5. The molecule has 0 aliphatic rings. The van der Waals surface area contributed by atoms with Gasteiger partial charge in [0.1, 0.15) is 0 Å². The van der Waals surface area contributed by atoms with Crippen molar-refractivity contribution in [1.82, 2.24) is 0 Å². The number of hydrogen-bond acceptors (Lipinski definition) is 5. The molecular weight excluding hydrogens is 394 g/mol. The molecule has 6 nitrogen and oxygen atoms in total. The predicted octanol–water partition coefficient (Wildman–Crippen LogP) is 4.56. The number of rotatable bonds is 8. The van der Waals surface area contributed by atoms with Gasteiger partial charge >= 0.3 is 5.97 Å². The Kier molecular flexibility index (Phi) is 8.09. The van der Waals surface area contributed by atoms with E-state index < -0.39 is 11.9 Å². The maximum absolute atomic E-state index is 12.0. The van der Waals surface area contributed by atoms with Crippen molar-refractivity contribution >= 4 is 35.2 Å².